The maximum atomic E-state index is 6.53. The van der Waals surface area contributed by atoms with Crippen molar-refractivity contribution in [3.63, 3.8) is 0 Å². The lowest BCUT2D eigenvalue weighted by Gasteiger charge is -2.21. The average Bonchev–Trinajstić information content (AvgIpc) is 3.82. The van der Waals surface area contributed by atoms with Crippen molar-refractivity contribution < 1.29 is 4.42 Å². The minimum Gasteiger partial charge on any atom is -0.456 e. The number of furan rings is 1. The Morgan fingerprint density at radius 3 is 1.93 bits per heavy atom. The summed E-state index contributed by atoms with van der Waals surface area (Å²) in [5, 5.41) is 4.80. The molecule has 1 aliphatic carbocycles. The Morgan fingerprint density at radius 1 is 0.418 bits per heavy atom. The molecule has 0 aliphatic heterocycles. The molecule has 0 saturated heterocycles. The van der Waals surface area contributed by atoms with E-state index in [4.69, 9.17) is 4.42 Å². The van der Waals surface area contributed by atoms with Crippen LogP contribution in [0.15, 0.2) is 168 Å². The number of nitrogens with zero attached hydrogens (tertiary/aromatic N) is 1. The Kier molecular flexibility index (Phi) is 6.76. The summed E-state index contributed by atoms with van der Waals surface area (Å²) in [5.41, 5.74) is 20.6. The van der Waals surface area contributed by atoms with Gasteiger partial charge < -0.3 is 8.98 Å². The van der Waals surface area contributed by atoms with Gasteiger partial charge in [-0.3, -0.25) is 0 Å². The third kappa shape index (κ3) is 4.68. The largest absolute Gasteiger partial charge is 0.456 e. The SMILES string of the molecule is Cc1ccccc1-c1cc(-c2cccc3oc4ccc(-c5ccc6c(c5)c5cc7c(cc5n6-c5ccccc5)C(C)(C)c5ccccc5-7)cc4c23)ccc1C. The number of hydrogen-bond donors (Lipinski definition) is 0. The Morgan fingerprint density at radius 2 is 1.09 bits per heavy atom. The zero-order valence-electron chi connectivity index (χ0n) is 31.4. The minimum absolute atomic E-state index is 0.0779. The van der Waals surface area contributed by atoms with Crippen molar-refractivity contribution in [2.45, 2.75) is 33.1 Å². The quantitative estimate of drug-likeness (QED) is 0.178. The third-order valence-electron chi connectivity index (χ3n) is 12.3. The van der Waals surface area contributed by atoms with Crippen LogP contribution < -0.4 is 0 Å². The molecule has 262 valence electrons. The lowest BCUT2D eigenvalue weighted by Crippen LogP contribution is -2.14. The van der Waals surface area contributed by atoms with Crippen LogP contribution in [0.1, 0.15) is 36.1 Å². The second-order valence-electron chi connectivity index (χ2n) is 15.8. The molecule has 0 unspecified atom stereocenters. The van der Waals surface area contributed by atoms with Gasteiger partial charge in [-0.25, -0.2) is 0 Å². The van der Waals surface area contributed by atoms with Gasteiger partial charge in [0.2, 0.25) is 0 Å². The standard InChI is InChI=1S/C53H39NO/c1-32-13-8-9-16-38(32)41-29-36(22-21-33(41)2)39-18-12-20-51-52(39)45-28-35(24-26-50(45)55-51)34-23-25-48-43(27-34)44-30-42-40-17-10-11-19-46(40)53(3,4)47(42)31-49(44)54(48)37-14-6-5-7-15-37/h5-31H,1-4H3. The second kappa shape index (κ2) is 11.7. The number of aryl methyl sites for hydroxylation is 2. The van der Waals surface area contributed by atoms with Crippen LogP contribution in [0, 0.1) is 13.8 Å². The Balaban J connectivity index is 1.11. The number of hydrogen-bond acceptors (Lipinski definition) is 1. The van der Waals surface area contributed by atoms with Crippen LogP contribution in [0.5, 0.6) is 0 Å². The van der Waals surface area contributed by atoms with Gasteiger partial charge in [0.05, 0.1) is 11.0 Å². The number of benzene rings is 8. The highest BCUT2D eigenvalue weighted by Gasteiger charge is 2.36. The summed E-state index contributed by atoms with van der Waals surface area (Å²) in [5.74, 6) is 0. The van der Waals surface area contributed by atoms with Crippen molar-refractivity contribution in [2.75, 3.05) is 0 Å². The van der Waals surface area contributed by atoms with E-state index < -0.39 is 0 Å². The first-order valence-corrected chi connectivity index (χ1v) is 19.3. The predicted octanol–water partition coefficient (Wildman–Crippen LogP) is 14.6. The smallest absolute Gasteiger partial charge is 0.136 e. The molecule has 0 saturated carbocycles. The monoisotopic (exact) mass is 705 g/mol. The first-order valence-electron chi connectivity index (χ1n) is 19.3. The molecule has 0 fully saturated rings. The van der Waals surface area contributed by atoms with E-state index in [1.165, 1.54) is 94.3 Å². The maximum absolute atomic E-state index is 6.53. The third-order valence-corrected chi connectivity index (χ3v) is 12.3. The van der Waals surface area contributed by atoms with E-state index in [1.54, 1.807) is 0 Å². The zero-order valence-corrected chi connectivity index (χ0v) is 31.4. The van der Waals surface area contributed by atoms with Gasteiger partial charge in [0, 0.05) is 32.6 Å². The van der Waals surface area contributed by atoms with Crippen LogP contribution in [-0.2, 0) is 5.41 Å². The molecule has 8 aromatic carbocycles. The van der Waals surface area contributed by atoms with Crippen LogP contribution in [0.25, 0.3) is 93.9 Å². The Labute approximate surface area is 320 Å². The van der Waals surface area contributed by atoms with E-state index in [-0.39, 0.29) is 5.41 Å². The first kappa shape index (κ1) is 31.8. The molecule has 2 nitrogen and oxygen atoms in total. The van der Waals surface area contributed by atoms with Crippen molar-refractivity contribution in [1.29, 1.82) is 0 Å². The molecule has 10 aromatic rings. The van der Waals surface area contributed by atoms with Crippen molar-refractivity contribution >= 4 is 43.7 Å². The molecular formula is C53H39NO. The van der Waals surface area contributed by atoms with E-state index in [9.17, 15) is 0 Å². The fraction of sp³-hybridized carbons (Fsp3) is 0.0943. The molecule has 0 radical (unpaired) electrons. The van der Waals surface area contributed by atoms with Crippen LogP contribution in [0.3, 0.4) is 0 Å². The topological polar surface area (TPSA) is 18.1 Å². The van der Waals surface area contributed by atoms with Crippen LogP contribution in [-0.4, -0.2) is 4.57 Å². The summed E-state index contributed by atoms with van der Waals surface area (Å²) in [6, 6.07) is 60.2. The Hall–Kier alpha value is -6.64. The van der Waals surface area contributed by atoms with Crippen LogP contribution in [0.2, 0.25) is 0 Å². The van der Waals surface area contributed by atoms with E-state index in [0.29, 0.717) is 0 Å². The Bertz CT molecular complexity index is 3190. The number of aromatic nitrogens is 1. The summed E-state index contributed by atoms with van der Waals surface area (Å²) in [6.07, 6.45) is 0. The van der Waals surface area contributed by atoms with Crippen molar-refractivity contribution in [3.05, 3.63) is 186 Å². The number of para-hydroxylation sites is 1. The fourth-order valence-corrected chi connectivity index (χ4v) is 9.45. The summed E-state index contributed by atoms with van der Waals surface area (Å²) in [7, 11) is 0. The second-order valence-corrected chi connectivity index (χ2v) is 15.8. The van der Waals surface area contributed by atoms with Gasteiger partial charge in [-0.1, -0.05) is 117 Å². The first-order chi connectivity index (χ1) is 26.8. The van der Waals surface area contributed by atoms with Crippen LogP contribution >= 0.6 is 0 Å². The molecule has 1 aliphatic rings. The van der Waals surface area contributed by atoms with Gasteiger partial charge in [0.1, 0.15) is 11.2 Å². The van der Waals surface area contributed by atoms with Gasteiger partial charge in [-0.2, -0.15) is 0 Å². The normalized spacial score (nSPS) is 13.2. The van der Waals surface area contributed by atoms with Gasteiger partial charge in [0.15, 0.2) is 0 Å². The molecule has 2 heteroatoms. The van der Waals surface area contributed by atoms with Gasteiger partial charge in [-0.05, 0) is 141 Å². The number of rotatable bonds is 4. The summed E-state index contributed by atoms with van der Waals surface area (Å²) >= 11 is 0. The molecular weight excluding hydrogens is 667 g/mol. The number of fused-ring (bicyclic) bond motifs is 9. The molecule has 11 rings (SSSR count). The summed E-state index contributed by atoms with van der Waals surface area (Å²) < 4.78 is 8.97. The highest BCUT2D eigenvalue weighted by Crippen LogP contribution is 2.51. The van der Waals surface area contributed by atoms with E-state index >= 15 is 0 Å². The highest BCUT2D eigenvalue weighted by molar-refractivity contribution is 6.15. The summed E-state index contributed by atoms with van der Waals surface area (Å²) in [4.78, 5) is 0. The van der Waals surface area contributed by atoms with E-state index in [2.05, 4.69) is 196 Å². The van der Waals surface area contributed by atoms with E-state index in [0.717, 1.165) is 21.9 Å². The summed E-state index contributed by atoms with van der Waals surface area (Å²) in [6.45, 7) is 9.11. The van der Waals surface area contributed by atoms with Crippen molar-refractivity contribution in [3.8, 4) is 50.2 Å². The fourth-order valence-electron chi connectivity index (χ4n) is 9.45. The van der Waals surface area contributed by atoms with Gasteiger partial charge in [0.25, 0.3) is 0 Å². The van der Waals surface area contributed by atoms with Crippen LogP contribution in [0.4, 0.5) is 0 Å². The molecule has 2 aromatic heterocycles. The average molecular weight is 706 g/mol. The molecule has 0 spiro atoms. The molecule has 0 bridgehead atoms. The zero-order chi connectivity index (χ0) is 37.0. The molecule has 0 atom stereocenters. The molecule has 55 heavy (non-hydrogen) atoms. The molecule has 2 heterocycles. The predicted molar refractivity (Wildman–Crippen MR) is 231 cm³/mol. The molecule has 0 amide bonds. The van der Waals surface area contributed by atoms with Crippen molar-refractivity contribution in [2.24, 2.45) is 0 Å². The lowest BCUT2D eigenvalue weighted by atomic mass is 9.82. The maximum Gasteiger partial charge on any atom is 0.136 e. The minimum atomic E-state index is -0.0779. The van der Waals surface area contributed by atoms with Gasteiger partial charge >= 0.3 is 0 Å². The highest BCUT2D eigenvalue weighted by atomic mass is 16.3. The lowest BCUT2D eigenvalue weighted by molar-refractivity contribution is 0.661. The van der Waals surface area contributed by atoms with Crippen molar-refractivity contribution in [1.82, 2.24) is 4.57 Å². The van der Waals surface area contributed by atoms with E-state index in [1.807, 2.05) is 0 Å². The van der Waals surface area contributed by atoms with Gasteiger partial charge in [-0.15, -0.1) is 0 Å². The molecule has 0 N–H and O–H groups in total.